The summed E-state index contributed by atoms with van der Waals surface area (Å²) >= 11 is 0. The highest BCUT2D eigenvalue weighted by Crippen LogP contribution is 2.19. The first kappa shape index (κ1) is 10.3. The van der Waals surface area contributed by atoms with Crippen LogP contribution in [0.4, 0.5) is 0 Å². The van der Waals surface area contributed by atoms with Crippen molar-refractivity contribution in [2.45, 2.75) is 19.4 Å². The largest absolute Gasteiger partial charge is 0.464 e. The molecule has 0 aliphatic rings. The van der Waals surface area contributed by atoms with E-state index in [2.05, 4.69) is 11.8 Å². The smallest absolute Gasteiger partial charge is 0.122 e. The number of hydrogen-bond donors (Lipinski definition) is 1. The minimum Gasteiger partial charge on any atom is -0.464 e. The lowest BCUT2D eigenvalue weighted by atomic mass is 10.2. The highest BCUT2D eigenvalue weighted by atomic mass is 16.3. The van der Waals surface area contributed by atoms with Crippen molar-refractivity contribution in [2.75, 3.05) is 20.6 Å². The van der Waals surface area contributed by atoms with Gasteiger partial charge in [0, 0.05) is 13.0 Å². The minimum absolute atomic E-state index is 0.195. The highest BCUT2D eigenvalue weighted by Gasteiger charge is 2.15. The molecule has 2 N–H and O–H groups in total. The molecule has 0 spiro atoms. The normalized spacial score (nSPS) is 13.6. The maximum atomic E-state index is 5.65. The van der Waals surface area contributed by atoms with E-state index in [-0.39, 0.29) is 6.04 Å². The van der Waals surface area contributed by atoms with Crippen molar-refractivity contribution in [2.24, 2.45) is 5.73 Å². The molecule has 1 unspecified atom stereocenters. The Morgan fingerprint density at radius 1 is 1.46 bits per heavy atom. The van der Waals surface area contributed by atoms with Crippen LogP contribution in [0, 0.1) is 0 Å². The van der Waals surface area contributed by atoms with Crippen molar-refractivity contribution in [3.8, 4) is 0 Å². The molecule has 0 radical (unpaired) electrons. The summed E-state index contributed by atoms with van der Waals surface area (Å²) in [6.45, 7) is 2.67. The van der Waals surface area contributed by atoms with Crippen LogP contribution in [0.1, 0.15) is 24.5 Å². The van der Waals surface area contributed by atoms with Gasteiger partial charge in [0.15, 0.2) is 0 Å². The summed E-state index contributed by atoms with van der Waals surface area (Å²) in [7, 11) is 4.01. The van der Waals surface area contributed by atoms with Gasteiger partial charge in [0.05, 0.1) is 6.04 Å². The second-order valence-corrected chi connectivity index (χ2v) is 3.37. The van der Waals surface area contributed by atoms with Crippen molar-refractivity contribution in [1.29, 1.82) is 0 Å². The first-order valence-corrected chi connectivity index (χ1v) is 4.64. The summed E-state index contributed by atoms with van der Waals surface area (Å²) in [4.78, 5) is 2.07. The Bertz CT molecular complexity index is 255. The Morgan fingerprint density at radius 3 is 2.54 bits per heavy atom. The SMILES string of the molecule is CCc1ccc(C(CN)N(C)C)o1. The van der Waals surface area contributed by atoms with E-state index in [1.807, 2.05) is 26.2 Å². The van der Waals surface area contributed by atoms with Gasteiger partial charge in [-0.05, 0) is 26.2 Å². The van der Waals surface area contributed by atoms with Crippen molar-refractivity contribution < 1.29 is 4.42 Å². The Balaban J connectivity index is 2.79. The number of furan rings is 1. The molecule has 1 aromatic heterocycles. The number of rotatable bonds is 4. The quantitative estimate of drug-likeness (QED) is 0.765. The zero-order valence-corrected chi connectivity index (χ0v) is 8.58. The fourth-order valence-electron chi connectivity index (χ4n) is 1.35. The third-order valence-electron chi connectivity index (χ3n) is 2.21. The van der Waals surface area contributed by atoms with E-state index in [1.54, 1.807) is 0 Å². The molecule has 1 atom stereocenters. The molecule has 0 aromatic carbocycles. The summed E-state index contributed by atoms with van der Waals surface area (Å²) in [5.41, 5.74) is 5.65. The van der Waals surface area contributed by atoms with E-state index >= 15 is 0 Å². The summed E-state index contributed by atoms with van der Waals surface area (Å²) in [6.07, 6.45) is 0.935. The predicted octanol–water partition coefficient (Wildman–Crippen LogP) is 1.40. The van der Waals surface area contributed by atoms with Crippen LogP contribution >= 0.6 is 0 Å². The summed E-state index contributed by atoms with van der Waals surface area (Å²) in [6, 6.07) is 4.22. The monoisotopic (exact) mass is 182 g/mol. The molecule has 0 saturated heterocycles. The Labute approximate surface area is 79.5 Å². The number of nitrogens with zero attached hydrogens (tertiary/aromatic N) is 1. The molecular formula is C10H18N2O. The van der Waals surface area contributed by atoms with Gasteiger partial charge in [-0.2, -0.15) is 0 Å². The number of hydrogen-bond acceptors (Lipinski definition) is 3. The van der Waals surface area contributed by atoms with Crippen molar-refractivity contribution in [1.82, 2.24) is 4.90 Å². The number of aryl methyl sites for hydroxylation is 1. The molecule has 13 heavy (non-hydrogen) atoms. The molecular weight excluding hydrogens is 164 g/mol. The van der Waals surface area contributed by atoms with Gasteiger partial charge in [-0.15, -0.1) is 0 Å². The first-order chi connectivity index (χ1) is 6.19. The Hall–Kier alpha value is -0.800. The van der Waals surface area contributed by atoms with Gasteiger partial charge < -0.3 is 10.2 Å². The van der Waals surface area contributed by atoms with E-state index < -0.39 is 0 Å². The zero-order chi connectivity index (χ0) is 9.84. The van der Waals surface area contributed by atoms with Gasteiger partial charge in [0.25, 0.3) is 0 Å². The van der Waals surface area contributed by atoms with Crippen molar-refractivity contribution in [3.05, 3.63) is 23.7 Å². The lowest BCUT2D eigenvalue weighted by Gasteiger charge is -2.20. The molecule has 1 rings (SSSR count). The summed E-state index contributed by atoms with van der Waals surface area (Å²) < 4.78 is 5.63. The minimum atomic E-state index is 0.195. The molecule has 0 fully saturated rings. The Kier molecular flexibility index (Phi) is 3.51. The molecule has 3 heteroatoms. The van der Waals surface area contributed by atoms with Crippen LogP contribution in [0.15, 0.2) is 16.5 Å². The second kappa shape index (κ2) is 4.44. The van der Waals surface area contributed by atoms with E-state index in [9.17, 15) is 0 Å². The predicted molar refractivity (Wildman–Crippen MR) is 53.6 cm³/mol. The maximum absolute atomic E-state index is 5.65. The third kappa shape index (κ3) is 2.32. The summed E-state index contributed by atoms with van der Waals surface area (Å²) in [5.74, 6) is 1.99. The third-order valence-corrected chi connectivity index (χ3v) is 2.21. The molecule has 74 valence electrons. The van der Waals surface area contributed by atoms with Crippen LogP contribution < -0.4 is 5.73 Å². The van der Waals surface area contributed by atoms with E-state index in [0.717, 1.165) is 17.9 Å². The molecule has 0 amide bonds. The van der Waals surface area contributed by atoms with Gasteiger partial charge in [0.1, 0.15) is 11.5 Å². The van der Waals surface area contributed by atoms with Crippen molar-refractivity contribution >= 4 is 0 Å². The molecule has 0 aliphatic heterocycles. The summed E-state index contributed by atoms with van der Waals surface area (Å²) in [5, 5.41) is 0. The number of nitrogens with two attached hydrogens (primary N) is 1. The van der Waals surface area contributed by atoms with Crippen molar-refractivity contribution in [3.63, 3.8) is 0 Å². The van der Waals surface area contributed by atoms with Gasteiger partial charge in [-0.1, -0.05) is 6.92 Å². The standard InChI is InChI=1S/C10H18N2O/c1-4-8-5-6-10(13-8)9(7-11)12(2)3/h5-6,9H,4,7,11H2,1-3H3. The fourth-order valence-corrected chi connectivity index (χ4v) is 1.35. The average molecular weight is 182 g/mol. The first-order valence-electron chi connectivity index (χ1n) is 4.64. The van der Waals surface area contributed by atoms with Gasteiger partial charge >= 0.3 is 0 Å². The lowest BCUT2D eigenvalue weighted by Crippen LogP contribution is -2.26. The zero-order valence-electron chi connectivity index (χ0n) is 8.58. The van der Waals surface area contributed by atoms with Crippen LogP contribution in [0.25, 0.3) is 0 Å². The van der Waals surface area contributed by atoms with Crippen LogP contribution in [-0.4, -0.2) is 25.5 Å². The van der Waals surface area contributed by atoms with Crippen LogP contribution in [-0.2, 0) is 6.42 Å². The average Bonchev–Trinajstić information content (AvgIpc) is 2.53. The molecule has 1 aromatic rings. The number of likely N-dealkylation sites (N-methyl/N-ethyl adjacent to an activating group) is 1. The van der Waals surface area contributed by atoms with Gasteiger partial charge in [-0.25, -0.2) is 0 Å². The maximum Gasteiger partial charge on any atom is 0.122 e. The van der Waals surface area contributed by atoms with E-state index in [4.69, 9.17) is 10.2 Å². The highest BCUT2D eigenvalue weighted by molar-refractivity contribution is 5.11. The van der Waals surface area contributed by atoms with E-state index in [0.29, 0.717) is 6.54 Å². The van der Waals surface area contributed by atoms with Crippen LogP contribution in [0.3, 0.4) is 0 Å². The van der Waals surface area contributed by atoms with Gasteiger partial charge in [-0.3, -0.25) is 4.90 Å². The molecule has 0 aliphatic carbocycles. The molecule has 0 saturated carbocycles. The molecule has 0 bridgehead atoms. The second-order valence-electron chi connectivity index (χ2n) is 3.37. The topological polar surface area (TPSA) is 42.4 Å². The Morgan fingerprint density at radius 2 is 2.15 bits per heavy atom. The molecule has 1 heterocycles. The fraction of sp³-hybridized carbons (Fsp3) is 0.600. The lowest BCUT2D eigenvalue weighted by molar-refractivity contribution is 0.260. The van der Waals surface area contributed by atoms with E-state index in [1.165, 1.54) is 0 Å². The van der Waals surface area contributed by atoms with Crippen LogP contribution in [0.5, 0.6) is 0 Å². The van der Waals surface area contributed by atoms with Crippen LogP contribution in [0.2, 0.25) is 0 Å². The molecule has 3 nitrogen and oxygen atoms in total. The van der Waals surface area contributed by atoms with Gasteiger partial charge in [0.2, 0.25) is 0 Å².